The molecule has 0 saturated heterocycles. The van der Waals surface area contributed by atoms with E-state index < -0.39 is 0 Å². The number of benzene rings is 2. The predicted octanol–water partition coefficient (Wildman–Crippen LogP) is 5.50. The highest BCUT2D eigenvalue weighted by atomic mass is 35.5. The summed E-state index contributed by atoms with van der Waals surface area (Å²) in [5.41, 5.74) is 4.98. The lowest BCUT2D eigenvalue weighted by molar-refractivity contribution is 0.547. The largest absolute Gasteiger partial charge is 0.310 e. The summed E-state index contributed by atoms with van der Waals surface area (Å²) in [7, 11) is 0. The third-order valence-corrected chi connectivity index (χ3v) is 4.30. The van der Waals surface area contributed by atoms with Gasteiger partial charge in [-0.05, 0) is 61.7 Å². The Morgan fingerprint density at radius 2 is 1.81 bits per heavy atom. The Kier molecular flexibility index (Phi) is 5.69. The fourth-order valence-electron chi connectivity index (χ4n) is 2.59. The molecule has 0 heterocycles. The SMILES string of the molecule is CCNC(Cc1cc(Cl)ccc1Cl)c1cc(C)ccc1C. The molecule has 3 heteroatoms. The molecule has 2 aromatic carbocycles. The van der Waals surface area contributed by atoms with Crippen molar-refractivity contribution in [3.63, 3.8) is 0 Å². The van der Waals surface area contributed by atoms with Gasteiger partial charge in [-0.2, -0.15) is 0 Å². The number of rotatable bonds is 5. The molecule has 21 heavy (non-hydrogen) atoms. The first-order chi connectivity index (χ1) is 10.0. The third-order valence-electron chi connectivity index (χ3n) is 3.69. The number of hydrogen-bond donors (Lipinski definition) is 1. The van der Waals surface area contributed by atoms with E-state index in [1.54, 1.807) is 0 Å². The maximum Gasteiger partial charge on any atom is 0.0439 e. The standard InChI is InChI=1S/C18H21Cl2N/c1-4-21-18(16-9-12(2)5-6-13(16)3)11-14-10-15(19)7-8-17(14)20/h5-10,18,21H,4,11H2,1-3H3. The molecule has 0 aromatic heterocycles. The minimum absolute atomic E-state index is 0.242. The van der Waals surface area contributed by atoms with Gasteiger partial charge in [0.25, 0.3) is 0 Å². The fraction of sp³-hybridized carbons (Fsp3) is 0.333. The summed E-state index contributed by atoms with van der Waals surface area (Å²) in [5, 5.41) is 5.06. The molecule has 2 rings (SSSR count). The van der Waals surface area contributed by atoms with Gasteiger partial charge >= 0.3 is 0 Å². The molecule has 0 amide bonds. The number of nitrogens with one attached hydrogen (secondary N) is 1. The second-order valence-corrected chi connectivity index (χ2v) is 6.25. The van der Waals surface area contributed by atoms with E-state index in [1.165, 1.54) is 16.7 Å². The molecular formula is C18H21Cl2N. The van der Waals surface area contributed by atoms with E-state index in [1.807, 2.05) is 18.2 Å². The van der Waals surface area contributed by atoms with Crippen molar-refractivity contribution in [2.75, 3.05) is 6.54 Å². The van der Waals surface area contributed by atoms with E-state index in [9.17, 15) is 0 Å². The van der Waals surface area contributed by atoms with Gasteiger partial charge in [0.2, 0.25) is 0 Å². The third kappa shape index (κ3) is 4.23. The van der Waals surface area contributed by atoms with Gasteiger partial charge < -0.3 is 5.32 Å². The number of halogens is 2. The topological polar surface area (TPSA) is 12.0 Å². The first-order valence-corrected chi connectivity index (χ1v) is 8.01. The van der Waals surface area contributed by atoms with Gasteiger partial charge in [0.15, 0.2) is 0 Å². The van der Waals surface area contributed by atoms with Gasteiger partial charge in [-0.1, -0.05) is 53.9 Å². The summed E-state index contributed by atoms with van der Waals surface area (Å²) >= 11 is 12.4. The smallest absolute Gasteiger partial charge is 0.0439 e. The molecule has 2 aromatic rings. The molecule has 0 aliphatic rings. The fourth-order valence-corrected chi connectivity index (χ4v) is 2.98. The Morgan fingerprint density at radius 3 is 2.52 bits per heavy atom. The Labute approximate surface area is 137 Å². The van der Waals surface area contributed by atoms with E-state index in [0.717, 1.165) is 28.6 Å². The van der Waals surface area contributed by atoms with Crippen LogP contribution in [-0.2, 0) is 6.42 Å². The van der Waals surface area contributed by atoms with E-state index in [2.05, 4.69) is 44.3 Å². The average molecular weight is 322 g/mol. The van der Waals surface area contributed by atoms with Gasteiger partial charge in [0.1, 0.15) is 0 Å². The van der Waals surface area contributed by atoms with Crippen LogP contribution in [0.3, 0.4) is 0 Å². The van der Waals surface area contributed by atoms with Crippen LogP contribution in [-0.4, -0.2) is 6.54 Å². The van der Waals surface area contributed by atoms with Gasteiger partial charge in [0.05, 0.1) is 0 Å². The Balaban J connectivity index is 2.35. The number of aryl methyl sites for hydroxylation is 2. The Hall–Kier alpha value is -1.02. The van der Waals surface area contributed by atoms with Gasteiger partial charge in [-0.25, -0.2) is 0 Å². The normalized spacial score (nSPS) is 12.4. The molecule has 112 valence electrons. The van der Waals surface area contributed by atoms with E-state index >= 15 is 0 Å². The van der Waals surface area contributed by atoms with Gasteiger partial charge in [-0.3, -0.25) is 0 Å². The maximum absolute atomic E-state index is 6.31. The molecule has 1 N–H and O–H groups in total. The van der Waals surface area contributed by atoms with E-state index in [4.69, 9.17) is 23.2 Å². The van der Waals surface area contributed by atoms with Crippen LogP contribution in [0.2, 0.25) is 10.0 Å². The van der Waals surface area contributed by atoms with Crippen LogP contribution in [0.25, 0.3) is 0 Å². The number of likely N-dealkylation sites (N-methyl/N-ethyl adjacent to an activating group) is 1. The zero-order valence-corrected chi connectivity index (χ0v) is 14.2. The molecule has 0 spiro atoms. The molecule has 0 radical (unpaired) electrons. The van der Waals surface area contributed by atoms with Crippen molar-refractivity contribution in [3.8, 4) is 0 Å². The summed E-state index contributed by atoms with van der Waals surface area (Å²) in [5.74, 6) is 0. The van der Waals surface area contributed by atoms with Crippen molar-refractivity contribution < 1.29 is 0 Å². The highest BCUT2D eigenvalue weighted by Gasteiger charge is 2.15. The highest BCUT2D eigenvalue weighted by Crippen LogP contribution is 2.28. The molecule has 1 nitrogen and oxygen atoms in total. The van der Waals surface area contributed by atoms with Crippen molar-refractivity contribution in [1.82, 2.24) is 5.32 Å². The van der Waals surface area contributed by atoms with Gasteiger partial charge in [-0.15, -0.1) is 0 Å². The number of hydrogen-bond acceptors (Lipinski definition) is 1. The Morgan fingerprint density at radius 1 is 1.05 bits per heavy atom. The second-order valence-electron chi connectivity index (χ2n) is 5.41. The van der Waals surface area contributed by atoms with Crippen molar-refractivity contribution in [3.05, 3.63) is 68.7 Å². The second kappa shape index (κ2) is 7.31. The van der Waals surface area contributed by atoms with Crippen LogP contribution in [0, 0.1) is 13.8 Å². The average Bonchev–Trinajstić information content (AvgIpc) is 2.45. The quantitative estimate of drug-likeness (QED) is 0.766. The van der Waals surface area contributed by atoms with E-state index in [0.29, 0.717) is 0 Å². The van der Waals surface area contributed by atoms with Crippen molar-refractivity contribution in [2.45, 2.75) is 33.2 Å². The van der Waals surface area contributed by atoms with Crippen molar-refractivity contribution in [2.24, 2.45) is 0 Å². The molecule has 0 aliphatic heterocycles. The lowest BCUT2D eigenvalue weighted by atomic mass is 9.94. The van der Waals surface area contributed by atoms with Crippen molar-refractivity contribution >= 4 is 23.2 Å². The monoisotopic (exact) mass is 321 g/mol. The first-order valence-electron chi connectivity index (χ1n) is 7.25. The minimum Gasteiger partial charge on any atom is -0.310 e. The maximum atomic E-state index is 6.31. The van der Waals surface area contributed by atoms with Crippen LogP contribution in [0.1, 0.15) is 35.2 Å². The highest BCUT2D eigenvalue weighted by molar-refractivity contribution is 6.33. The van der Waals surface area contributed by atoms with Gasteiger partial charge in [0, 0.05) is 16.1 Å². The van der Waals surface area contributed by atoms with Crippen LogP contribution in [0.5, 0.6) is 0 Å². The summed E-state index contributed by atoms with van der Waals surface area (Å²) in [6.07, 6.45) is 0.831. The van der Waals surface area contributed by atoms with Crippen molar-refractivity contribution in [1.29, 1.82) is 0 Å². The molecular weight excluding hydrogens is 301 g/mol. The molecule has 0 saturated carbocycles. The molecule has 0 fully saturated rings. The molecule has 1 atom stereocenters. The lowest BCUT2D eigenvalue weighted by Gasteiger charge is -2.22. The molecule has 0 aliphatic carbocycles. The predicted molar refractivity (Wildman–Crippen MR) is 92.5 cm³/mol. The molecule has 1 unspecified atom stereocenters. The summed E-state index contributed by atoms with van der Waals surface area (Å²) in [6, 6.07) is 12.5. The summed E-state index contributed by atoms with van der Waals surface area (Å²) < 4.78 is 0. The first kappa shape index (κ1) is 16.4. The van der Waals surface area contributed by atoms with Crippen LogP contribution >= 0.6 is 23.2 Å². The Bertz CT molecular complexity index is 623. The lowest BCUT2D eigenvalue weighted by Crippen LogP contribution is -2.24. The van der Waals surface area contributed by atoms with E-state index in [-0.39, 0.29) is 6.04 Å². The zero-order valence-electron chi connectivity index (χ0n) is 12.7. The van der Waals surface area contributed by atoms with Crippen LogP contribution in [0.15, 0.2) is 36.4 Å². The summed E-state index contributed by atoms with van der Waals surface area (Å²) in [6.45, 7) is 7.31. The van der Waals surface area contributed by atoms with Crippen LogP contribution in [0.4, 0.5) is 0 Å². The zero-order chi connectivity index (χ0) is 15.4. The molecule has 0 bridgehead atoms. The minimum atomic E-state index is 0.242. The summed E-state index contributed by atoms with van der Waals surface area (Å²) in [4.78, 5) is 0. The van der Waals surface area contributed by atoms with Crippen LogP contribution < -0.4 is 5.32 Å².